The summed E-state index contributed by atoms with van der Waals surface area (Å²) in [7, 11) is 0. The number of carboxylic acid groups (broad SMARTS) is 1. The Morgan fingerprint density at radius 3 is 2.38 bits per heavy atom. The number of benzene rings is 1. The first-order chi connectivity index (χ1) is 7.45. The Morgan fingerprint density at radius 1 is 1.31 bits per heavy atom. The quantitative estimate of drug-likeness (QED) is 0.834. The first-order valence-electron chi connectivity index (χ1n) is 4.66. The van der Waals surface area contributed by atoms with Crippen LogP contribution in [0.2, 0.25) is 0 Å². The molecule has 2 rings (SSSR count). The number of carboxylic acids is 1. The first kappa shape index (κ1) is 10.7. The fraction of sp³-hybridized carbons (Fsp3) is 0.273. The Bertz CT molecular complexity index is 474. The summed E-state index contributed by atoms with van der Waals surface area (Å²) >= 11 is 0. The molecule has 1 N–H and O–H groups in total. The molecule has 0 unspecified atom stereocenters. The predicted molar refractivity (Wildman–Crippen MR) is 49.9 cm³/mol. The highest BCUT2D eigenvalue weighted by atomic mass is 19.1. The number of hydrogen-bond acceptors (Lipinski definition) is 2. The summed E-state index contributed by atoms with van der Waals surface area (Å²) in [6.07, 6.45) is -0.463. The molecule has 0 saturated heterocycles. The summed E-state index contributed by atoms with van der Waals surface area (Å²) in [5, 5.41) is 9.04. The van der Waals surface area contributed by atoms with Crippen LogP contribution in [0.5, 0.6) is 0 Å². The highest BCUT2D eigenvalue weighted by Crippen LogP contribution is 2.42. The Morgan fingerprint density at radius 2 is 1.94 bits per heavy atom. The molecule has 0 bridgehead atoms. The minimum absolute atomic E-state index is 0.124. The van der Waals surface area contributed by atoms with E-state index in [-0.39, 0.29) is 24.2 Å². The van der Waals surface area contributed by atoms with Gasteiger partial charge in [0.15, 0.2) is 0 Å². The average molecular weight is 226 g/mol. The molecule has 0 atom stereocenters. The number of halogens is 2. The largest absolute Gasteiger partial charge is 0.481 e. The zero-order valence-corrected chi connectivity index (χ0v) is 8.17. The summed E-state index contributed by atoms with van der Waals surface area (Å²) in [5.74, 6) is -3.17. The lowest BCUT2D eigenvalue weighted by Crippen LogP contribution is -2.48. The van der Waals surface area contributed by atoms with Crippen LogP contribution in [0.15, 0.2) is 18.2 Å². The molecule has 0 aliphatic heterocycles. The van der Waals surface area contributed by atoms with Crippen molar-refractivity contribution in [2.24, 2.45) is 0 Å². The minimum atomic E-state index is -1.51. The second-order valence-corrected chi connectivity index (χ2v) is 3.90. The van der Waals surface area contributed by atoms with Gasteiger partial charge in [-0.1, -0.05) is 6.07 Å². The topological polar surface area (TPSA) is 54.4 Å². The molecule has 84 valence electrons. The second kappa shape index (κ2) is 3.37. The number of ketones is 1. The monoisotopic (exact) mass is 226 g/mol. The van der Waals surface area contributed by atoms with Gasteiger partial charge >= 0.3 is 5.97 Å². The van der Waals surface area contributed by atoms with E-state index in [1.54, 1.807) is 0 Å². The van der Waals surface area contributed by atoms with Gasteiger partial charge < -0.3 is 5.11 Å². The SMILES string of the molecule is O=C1CC(C(=O)O)(c2ccc(F)cc2F)C1. The molecule has 1 saturated carbocycles. The van der Waals surface area contributed by atoms with E-state index in [2.05, 4.69) is 0 Å². The van der Waals surface area contributed by atoms with Crippen molar-refractivity contribution in [2.45, 2.75) is 18.3 Å². The molecule has 0 amide bonds. The molecule has 1 aliphatic rings. The fourth-order valence-corrected chi connectivity index (χ4v) is 1.96. The van der Waals surface area contributed by atoms with Gasteiger partial charge in [0.25, 0.3) is 0 Å². The first-order valence-corrected chi connectivity index (χ1v) is 4.66. The predicted octanol–water partition coefficient (Wildman–Crippen LogP) is 1.65. The van der Waals surface area contributed by atoms with Crippen LogP contribution in [0.1, 0.15) is 18.4 Å². The third-order valence-electron chi connectivity index (χ3n) is 2.85. The molecule has 16 heavy (non-hydrogen) atoms. The highest BCUT2D eigenvalue weighted by Gasteiger charge is 2.52. The van der Waals surface area contributed by atoms with Crippen LogP contribution in [-0.4, -0.2) is 16.9 Å². The maximum atomic E-state index is 13.4. The van der Waals surface area contributed by atoms with Crippen LogP contribution in [0.4, 0.5) is 8.78 Å². The maximum Gasteiger partial charge on any atom is 0.315 e. The van der Waals surface area contributed by atoms with Crippen LogP contribution in [0.3, 0.4) is 0 Å². The minimum Gasteiger partial charge on any atom is -0.481 e. The molecular weight excluding hydrogens is 218 g/mol. The Hall–Kier alpha value is -1.78. The number of hydrogen-bond donors (Lipinski definition) is 1. The standard InChI is InChI=1S/C11H8F2O3/c12-6-1-2-8(9(13)3-6)11(10(15)16)4-7(14)5-11/h1-3H,4-5H2,(H,15,16). The summed E-state index contributed by atoms with van der Waals surface area (Å²) in [4.78, 5) is 22.0. The fourth-order valence-electron chi connectivity index (χ4n) is 1.96. The molecular formula is C11H8F2O3. The van der Waals surface area contributed by atoms with E-state index in [0.717, 1.165) is 12.1 Å². The van der Waals surface area contributed by atoms with Crippen LogP contribution in [-0.2, 0) is 15.0 Å². The van der Waals surface area contributed by atoms with Gasteiger partial charge in [-0.2, -0.15) is 0 Å². The molecule has 0 aromatic heterocycles. The molecule has 3 nitrogen and oxygen atoms in total. The van der Waals surface area contributed by atoms with Gasteiger partial charge in [0.1, 0.15) is 22.8 Å². The van der Waals surface area contributed by atoms with Gasteiger partial charge in [-0.05, 0) is 6.07 Å². The summed E-state index contributed by atoms with van der Waals surface area (Å²) < 4.78 is 26.1. The highest BCUT2D eigenvalue weighted by molar-refractivity contribution is 6.01. The van der Waals surface area contributed by atoms with E-state index in [4.69, 9.17) is 5.11 Å². The Labute approximate surface area is 89.7 Å². The number of carbonyl (C=O) groups excluding carboxylic acids is 1. The molecule has 0 spiro atoms. The van der Waals surface area contributed by atoms with Gasteiger partial charge in [-0.25, -0.2) is 8.78 Å². The van der Waals surface area contributed by atoms with Crippen LogP contribution in [0, 0.1) is 11.6 Å². The van der Waals surface area contributed by atoms with Gasteiger partial charge in [0, 0.05) is 24.5 Å². The van der Waals surface area contributed by atoms with E-state index in [0.29, 0.717) is 6.07 Å². The Kier molecular flexibility index (Phi) is 2.26. The molecule has 1 aromatic rings. The van der Waals surface area contributed by atoms with Gasteiger partial charge in [-0.15, -0.1) is 0 Å². The van der Waals surface area contributed by atoms with Crippen LogP contribution in [0.25, 0.3) is 0 Å². The van der Waals surface area contributed by atoms with Crippen molar-refractivity contribution in [3.05, 3.63) is 35.4 Å². The zero-order valence-electron chi connectivity index (χ0n) is 8.17. The van der Waals surface area contributed by atoms with Crippen molar-refractivity contribution >= 4 is 11.8 Å². The third-order valence-corrected chi connectivity index (χ3v) is 2.85. The Balaban J connectivity index is 2.49. The van der Waals surface area contributed by atoms with Crippen molar-refractivity contribution in [3.63, 3.8) is 0 Å². The summed E-state index contributed by atoms with van der Waals surface area (Å²) in [5.41, 5.74) is -1.63. The molecule has 5 heteroatoms. The second-order valence-electron chi connectivity index (χ2n) is 3.90. The van der Waals surface area contributed by atoms with Crippen molar-refractivity contribution in [3.8, 4) is 0 Å². The van der Waals surface area contributed by atoms with Crippen molar-refractivity contribution in [1.29, 1.82) is 0 Å². The van der Waals surface area contributed by atoms with E-state index < -0.39 is 23.0 Å². The van der Waals surface area contributed by atoms with Gasteiger partial charge in [-0.3, -0.25) is 9.59 Å². The normalized spacial score (nSPS) is 18.0. The molecule has 1 aliphatic carbocycles. The third kappa shape index (κ3) is 1.39. The van der Waals surface area contributed by atoms with E-state index in [9.17, 15) is 18.4 Å². The number of Topliss-reactive ketones (excluding diaryl/α,β-unsaturated/α-hetero) is 1. The van der Waals surface area contributed by atoms with Crippen molar-refractivity contribution < 1.29 is 23.5 Å². The molecule has 1 fully saturated rings. The molecule has 1 aromatic carbocycles. The van der Waals surface area contributed by atoms with Gasteiger partial charge in [0.2, 0.25) is 0 Å². The lowest BCUT2D eigenvalue weighted by molar-refractivity contribution is -0.153. The van der Waals surface area contributed by atoms with E-state index in [1.807, 2.05) is 0 Å². The van der Waals surface area contributed by atoms with E-state index in [1.165, 1.54) is 0 Å². The van der Waals surface area contributed by atoms with Gasteiger partial charge in [0.05, 0.1) is 0 Å². The number of aliphatic carboxylic acids is 1. The van der Waals surface area contributed by atoms with Crippen molar-refractivity contribution in [2.75, 3.05) is 0 Å². The van der Waals surface area contributed by atoms with Crippen LogP contribution >= 0.6 is 0 Å². The smallest absolute Gasteiger partial charge is 0.315 e. The summed E-state index contributed by atoms with van der Waals surface area (Å²) in [6.45, 7) is 0. The van der Waals surface area contributed by atoms with E-state index >= 15 is 0 Å². The molecule has 0 radical (unpaired) electrons. The summed E-state index contributed by atoms with van der Waals surface area (Å²) in [6, 6.07) is 2.71. The number of carbonyl (C=O) groups is 2. The lowest BCUT2D eigenvalue weighted by Gasteiger charge is -2.36. The molecule has 0 heterocycles. The zero-order chi connectivity index (χ0) is 11.9. The van der Waals surface area contributed by atoms with Crippen molar-refractivity contribution in [1.82, 2.24) is 0 Å². The maximum absolute atomic E-state index is 13.4. The average Bonchev–Trinajstić information content (AvgIpc) is 2.12. The lowest BCUT2D eigenvalue weighted by atomic mass is 9.63. The van der Waals surface area contributed by atoms with Crippen LogP contribution < -0.4 is 0 Å². The number of rotatable bonds is 2.